The van der Waals surface area contributed by atoms with Gasteiger partial charge in [0.1, 0.15) is 24.2 Å². The lowest BCUT2D eigenvalue weighted by Gasteiger charge is -2.40. The summed E-state index contributed by atoms with van der Waals surface area (Å²) in [6, 6.07) is 17.3. The number of thiophene rings is 1. The Bertz CT molecular complexity index is 3030. The summed E-state index contributed by atoms with van der Waals surface area (Å²) >= 11 is 0.993. The molecule has 6 heterocycles. The zero-order valence-electron chi connectivity index (χ0n) is 40.6. The van der Waals surface area contributed by atoms with Crippen LogP contribution in [0.1, 0.15) is 97.8 Å². The Morgan fingerprint density at radius 1 is 0.917 bits per heavy atom. The number of likely N-dealkylation sites (tertiary alicyclic amines) is 2. The van der Waals surface area contributed by atoms with Crippen LogP contribution < -0.4 is 16.3 Å². The molecule has 0 saturated carbocycles. The number of aryl methyl sites for hydroxylation is 1. The number of halogens is 2. The lowest BCUT2D eigenvalue weighted by molar-refractivity contribution is -0.152. The maximum absolute atomic E-state index is 15.1. The van der Waals surface area contributed by atoms with Crippen molar-refractivity contribution in [3.8, 4) is 0 Å². The average molecular weight is 1030 g/mol. The third-order valence-corrected chi connectivity index (χ3v) is 17.0. The molecule has 1 unspecified atom stereocenters. The molecule has 2 aromatic heterocycles. The van der Waals surface area contributed by atoms with Gasteiger partial charge in [-0.1, -0.05) is 63.2 Å². The van der Waals surface area contributed by atoms with Gasteiger partial charge in [-0.2, -0.15) is 8.78 Å². The summed E-state index contributed by atoms with van der Waals surface area (Å²) in [5, 5.41) is 5.45. The highest BCUT2D eigenvalue weighted by molar-refractivity contribution is 7.52. The Balaban J connectivity index is 0.911. The van der Waals surface area contributed by atoms with Gasteiger partial charge in [-0.25, -0.2) is 4.79 Å². The van der Waals surface area contributed by atoms with Gasteiger partial charge < -0.3 is 29.6 Å². The van der Waals surface area contributed by atoms with Gasteiger partial charge in [0.15, 0.2) is 0 Å². The van der Waals surface area contributed by atoms with E-state index < -0.39 is 60.1 Å². The second-order valence-electron chi connectivity index (χ2n) is 20.8. The molecule has 5 amide bonds. The van der Waals surface area contributed by atoms with Crippen molar-refractivity contribution in [3.05, 3.63) is 105 Å². The number of rotatable bonds is 12. The van der Waals surface area contributed by atoms with Crippen molar-refractivity contribution in [1.29, 1.82) is 0 Å². The zero-order valence-corrected chi connectivity index (χ0v) is 42.3. The normalized spacial score (nSPS) is 22.4. The third kappa shape index (κ3) is 10.2. The Hall–Kier alpha value is -5.63. The highest BCUT2D eigenvalue weighted by atomic mass is 32.1. The maximum atomic E-state index is 15.1. The molecule has 21 heteroatoms. The van der Waals surface area contributed by atoms with Crippen LogP contribution in [0.5, 0.6) is 0 Å². The summed E-state index contributed by atoms with van der Waals surface area (Å²) in [5.41, 5.74) is -3.21. The van der Waals surface area contributed by atoms with Gasteiger partial charge in [0.25, 0.3) is 5.91 Å². The Labute approximate surface area is 418 Å². The van der Waals surface area contributed by atoms with Crippen LogP contribution in [0, 0.1) is 17.3 Å². The standard InChI is InChI=1S/C51H60F2N7O10PS/c1-50(2,3)44(55-46(63)41-27-34-26-35(11-14-40(34)72-41)51(52,53)71(67,68)69)48(65)59-21-18-33(43(59)47(64)58-22-23-70-39(29-58)32-8-6-5-7-9-32)24-30-16-19-57(20-17-30)28-31-10-12-36-38(25-31)56(4)49(66)60(36)37-13-15-42(61)54-45(37)62/h5-12,14,25-27,30,33,37,39,43-44H,13,15-24,28-29H2,1-4H3,(H,55,63)(H,54,61,62)(H2,67,68,69)/t33-,37?,39-,43-,44+/m0/s1. The van der Waals surface area contributed by atoms with Crippen molar-refractivity contribution in [3.63, 3.8) is 0 Å². The molecule has 5 aromatic rings. The molecule has 4 N–H and O–H groups in total. The second-order valence-corrected chi connectivity index (χ2v) is 23.5. The largest absolute Gasteiger partial charge is 0.399 e. The molecule has 4 fully saturated rings. The molecule has 72 heavy (non-hydrogen) atoms. The van der Waals surface area contributed by atoms with Crippen LogP contribution in [0.15, 0.2) is 77.6 Å². The number of piperidine rings is 2. The predicted molar refractivity (Wildman–Crippen MR) is 265 cm³/mol. The summed E-state index contributed by atoms with van der Waals surface area (Å²) in [6.45, 7) is 8.94. The van der Waals surface area contributed by atoms with E-state index in [4.69, 9.17) is 4.74 Å². The van der Waals surface area contributed by atoms with Crippen LogP contribution in [0.3, 0.4) is 0 Å². The molecular weight excluding hydrogens is 972 g/mol. The van der Waals surface area contributed by atoms with E-state index in [2.05, 4.69) is 15.5 Å². The molecule has 4 aliphatic heterocycles. The quantitative estimate of drug-likeness (QED) is 0.0838. The number of carbonyl (C=O) groups is 5. The van der Waals surface area contributed by atoms with E-state index >= 15 is 9.59 Å². The molecule has 384 valence electrons. The van der Waals surface area contributed by atoms with Crippen molar-refractivity contribution in [2.24, 2.45) is 24.3 Å². The van der Waals surface area contributed by atoms with Crippen LogP contribution in [-0.4, -0.2) is 115 Å². The SMILES string of the molecule is Cn1c(=O)n(C2CCC(=O)NC2=O)c2ccc(CN3CCC(C[C@@H]4CCN(C(=O)[C@@H](NC(=O)c5cc6cc(C(F)(F)P(=O)(O)O)ccc6s5)C(C)(C)C)[C@@H]4C(=O)N4CCO[C@H](c5ccccc5)C4)CC3)cc21. The molecule has 9 rings (SSSR count). The molecule has 3 aromatic carbocycles. The summed E-state index contributed by atoms with van der Waals surface area (Å²) in [7, 11) is -4.15. The number of aromatic nitrogens is 2. The van der Waals surface area contributed by atoms with Crippen LogP contribution >= 0.6 is 18.9 Å². The van der Waals surface area contributed by atoms with Crippen molar-refractivity contribution in [2.75, 3.05) is 39.3 Å². The van der Waals surface area contributed by atoms with Crippen molar-refractivity contribution in [1.82, 2.24) is 34.5 Å². The number of amides is 5. The lowest BCUT2D eigenvalue weighted by Crippen LogP contribution is -2.59. The third-order valence-electron chi connectivity index (χ3n) is 14.9. The molecular formula is C51H60F2N7O10PS. The molecule has 0 aliphatic carbocycles. The Morgan fingerprint density at radius 2 is 1.65 bits per heavy atom. The van der Waals surface area contributed by atoms with Gasteiger partial charge in [-0.3, -0.25) is 47.9 Å². The van der Waals surface area contributed by atoms with E-state index in [1.165, 1.54) is 21.3 Å². The van der Waals surface area contributed by atoms with E-state index in [1.807, 2.05) is 69.3 Å². The van der Waals surface area contributed by atoms with Crippen LogP contribution in [0.4, 0.5) is 8.78 Å². The molecule has 0 bridgehead atoms. The van der Waals surface area contributed by atoms with E-state index in [0.29, 0.717) is 61.4 Å². The van der Waals surface area contributed by atoms with Crippen molar-refractivity contribution < 1.29 is 51.8 Å². The minimum atomic E-state index is -5.83. The Morgan fingerprint density at radius 3 is 2.35 bits per heavy atom. The summed E-state index contributed by atoms with van der Waals surface area (Å²) in [4.78, 5) is 107. The fraction of sp³-hybridized carbons (Fsp3) is 0.490. The first kappa shape index (κ1) is 51.3. The number of benzene rings is 3. The summed E-state index contributed by atoms with van der Waals surface area (Å²) in [6.07, 6.45) is 3.07. The van der Waals surface area contributed by atoms with Gasteiger partial charge in [-0.15, -0.1) is 11.3 Å². The average Bonchev–Trinajstić information content (AvgIpc) is 4.04. The molecule has 0 radical (unpaired) electrons. The highest BCUT2D eigenvalue weighted by Crippen LogP contribution is 2.59. The fourth-order valence-electron chi connectivity index (χ4n) is 10.9. The number of alkyl halides is 2. The molecule has 4 saturated heterocycles. The first-order chi connectivity index (χ1) is 34.1. The van der Waals surface area contributed by atoms with Crippen LogP contribution in [-0.2, 0) is 47.7 Å². The smallest absolute Gasteiger partial charge is 0.370 e. The number of carbonyl (C=O) groups excluding carboxylic acids is 5. The van der Waals surface area contributed by atoms with Gasteiger partial charge in [-0.05, 0) is 109 Å². The zero-order chi connectivity index (χ0) is 51.4. The van der Waals surface area contributed by atoms with Gasteiger partial charge in [0.05, 0.1) is 29.1 Å². The van der Waals surface area contributed by atoms with E-state index in [9.17, 15) is 42.3 Å². The van der Waals surface area contributed by atoms with Crippen molar-refractivity contribution in [2.45, 2.75) is 95.7 Å². The van der Waals surface area contributed by atoms with Crippen LogP contribution in [0.25, 0.3) is 21.1 Å². The molecule has 17 nitrogen and oxygen atoms in total. The van der Waals surface area contributed by atoms with Crippen molar-refractivity contribution >= 4 is 69.6 Å². The van der Waals surface area contributed by atoms with E-state index in [1.54, 1.807) is 16.8 Å². The molecule has 5 atom stereocenters. The second kappa shape index (κ2) is 20.0. The lowest BCUT2D eigenvalue weighted by atomic mass is 9.82. The Kier molecular flexibility index (Phi) is 14.2. The van der Waals surface area contributed by atoms with Gasteiger partial charge in [0.2, 0.25) is 23.6 Å². The summed E-state index contributed by atoms with van der Waals surface area (Å²) < 4.78 is 50.4. The minimum Gasteiger partial charge on any atom is -0.370 e. The van der Waals surface area contributed by atoms with E-state index in [-0.39, 0.29) is 58.5 Å². The fourth-order valence-corrected chi connectivity index (χ4v) is 12.3. The maximum Gasteiger partial charge on any atom is 0.399 e. The number of fused-ring (bicyclic) bond motifs is 2. The summed E-state index contributed by atoms with van der Waals surface area (Å²) in [5.74, 6) is -1.96. The number of nitrogens with one attached hydrogen (secondary N) is 2. The molecule has 4 aliphatic rings. The monoisotopic (exact) mass is 1030 g/mol. The van der Waals surface area contributed by atoms with Crippen LogP contribution in [0.2, 0.25) is 0 Å². The van der Waals surface area contributed by atoms with E-state index in [0.717, 1.165) is 60.5 Å². The van der Waals surface area contributed by atoms with Gasteiger partial charge >= 0.3 is 18.9 Å². The predicted octanol–water partition coefficient (Wildman–Crippen LogP) is 6.02. The number of ether oxygens (including phenoxy) is 1. The minimum absolute atomic E-state index is 0.109. The molecule has 0 spiro atoms. The van der Waals surface area contributed by atoms with Gasteiger partial charge in [0, 0.05) is 43.4 Å². The highest BCUT2D eigenvalue weighted by Gasteiger charge is 2.51. The number of imidazole rings is 1. The first-order valence-corrected chi connectivity index (χ1v) is 26.8. The first-order valence-electron chi connectivity index (χ1n) is 24.4. The number of imide groups is 1. The topological polar surface area (TPSA) is 213 Å². The number of hydrogen-bond donors (Lipinski definition) is 4. The number of nitrogens with zero attached hydrogens (tertiary/aromatic N) is 5. The number of morpholine rings is 1. The number of hydrogen-bond acceptors (Lipinski definition) is 10.